The van der Waals surface area contributed by atoms with E-state index in [0.29, 0.717) is 79.4 Å². The number of alkyl halides is 15. The lowest BCUT2D eigenvalue weighted by molar-refractivity contribution is -0.165. The number of anilines is 3. The molecule has 0 aliphatic carbocycles. The zero-order valence-electron chi connectivity index (χ0n) is 82.7. The fraction of sp³-hybridized carbons (Fsp3) is 0.337. The number of carboxylic acids is 3. The van der Waals surface area contributed by atoms with Gasteiger partial charge in [-0.3, -0.25) is 90.8 Å². The third kappa shape index (κ3) is 47.6. The van der Waals surface area contributed by atoms with Crippen molar-refractivity contribution in [3.8, 4) is 0 Å². The van der Waals surface area contributed by atoms with Gasteiger partial charge in [-0.2, -0.15) is 65.9 Å². The highest BCUT2D eigenvalue weighted by atomic mass is 19.4. The summed E-state index contributed by atoms with van der Waals surface area (Å²) in [5.74, 6) is -11.2. The average Bonchev–Trinajstić information content (AvgIpc) is 0.784. The topological polar surface area (TPSA) is 514 Å². The van der Waals surface area contributed by atoms with Crippen molar-refractivity contribution in [3.05, 3.63) is 332 Å². The first kappa shape index (κ1) is 130. The number of nitrogens with zero attached hydrogens (tertiary/aromatic N) is 5. The zero-order valence-corrected chi connectivity index (χ0v) is 82.7. The summed E-state index contributed by atoms with van der Waals surface area (Å²) in [7, 11) is 0. The third-order valence-corrected chi connectivity index (χ3v) is 18.4. The predicted octanol–water partition coefficient (Wildman–Crippen LogP) is 16.5. The van der Waals surface area contributed by atoms with E-state index >= 15 is 0 Å². The van der Waals surface area contributed by atoms with Crippen molar-refractivity contribution in [2.24, 2.45) is 17.6 Å². The second-order valence-electron chi connectivity index (χ2n) is 34.2. The van der Waals surface area contributed by atoms with Crippen LogP contribution < -0.4 is 50.6 Å². The molecule has 814 valence electrons. The molecule has 0 spiro atoms. The van der Waals surface area contributed by atoms with Crippen LogP contribution in [0.25, 0.3) is 0 Å². The van der Waals surface area contributed by atoms with Gasteiger partial charge in [0.1, 0.15) is 53.7 Å². The number of benzene rings is 4. The molecule has 150 heavy (non-hydrogen) atoms. The Morgan fingerprint density at radius 3 is 1.17 bits per heavy atom. The number of nitrogens with one attached hydrogen (secondary N) is 1. The van der Waals surface area contributed by atoms with Crippen LogP contribution in [0.4, 0.5) is 91.7 Å². The molecule has 0 unspecified atom stereocenters. The molecule has 4 aromatic carbocycles. The number of Topliss-reactive ketones (excluding diaryl/α,β-unsaturated/α-hetero) is 4. The van der Waals surface area contributed by atoms with Crippen molar-refractivity contribution >= 4 is 81.7 Å². The highest BCUT2D eigenvalue weighted by Gasteiger charge is 2.40. The van der Waals surface area contributed by atoms with E-state index in [1.54, 1.807) is 158 Å². The Labute approximate surface area is 845 Å². The predicted molar refractivity (Wildman–Crippen MR) is 513 cm³/mol. The quantitative estimate of drug-likeness (QED) is 0.00742. The minimum atomic E-state index is -4.88. The number of carbonyl (C=O) groups is 11. The SMILES string of the molecule is CC(=O)O.CC(C)(C)OC(=O)CN.CC(C)(C)OC(=O)Cn1c(C(F)(F)F)ccc(CC(=O)c2ccccc2)c1=O.CC(C)Cc1ncc(F)c(N)c1N.CCO/C=C/C(=O)C(F)(F)F.Cc1ccc(C(F)(F)F)n(CC(=O)Cc2c(F)cnc(CC(C)C)c2N)c1=O.O=C(Cc1ccc(C(F)(F)F)oc1=O)c1ccccc1.O=C(O)CNC(=O)c1ccccc1.O=C(O)Cn1c(C(F)(F)F)ccc(CC(=O)c2ccccc2)c1=O. The maximum atomic E-state index is 14.1. The number of aliphatic carboxylic acids is 3. The molecule has 10 rings (SSSR count). The molecule has 6 heterocycles. The number of ketones is 5. The zero-order chi connectivity index (χ0) is 115. The van der Waals surface area contributed by atoms with Gasteiger partial charge in [-0.05, 0) is 123 Å². The van der Waals surface area contributed by atoms with Gasteiger partial charge < -0.3 is 62.2 Å². The highest BCUT2D eigenvalue weighted by Crippen LogP contribution is 2.34. The Bertz CT molecular complexity index is 6530. The molecule has 12 N–H and O–H groups in total. The fourth-order valence-electron chi connectivity index (χ4n) is 11.9. The van der Waals surface area contributed by atoms with E-state index in [1.807, 2.05) is 27.7 Å². The van der Waals surface area contributed by atoms with Crippen molar-refractivity contribution in [1.82, 2.24) is 29.0 Å². The molecule has 0 saturated carbocycles. The number of allylic oxidation sites excluding steroid dienone is 1. The Balaban J connectivity index is 0.000000591. The van der Waals surface area contributed by atoms with Crippen LogP contribution in [0.2, 0.25) is 0 Å². The minimum Gasteiger partial charge on any atom is -0.501 e. The number of carbonyl (C=O) groups excluding carboxylic acids is 8. The monoisotopic (exact) mass is 2140 g/mol. The van der Waals surface area contributed by atoms with Gasteiger partial charge in [-0.1, -0.05) is 155 Å². The molecule has 0 fully saturated rings. The fourth-order valence-corrected chi connectivity index (χ4v) is 11.9. The van der Waals surface area contributed by atoms with Crippen LogP contribution in [0.15, 0.2) is 218 Å². The first-order valence-corrected chi connectivity index (χ1v) is 44.2. The van der Waals surface area contributed by atoms with Crippen LogP contribution in [-0.4, -0.2) is 141 Å². The lowest BCUT2D eigenvalue weighted by Gasteiger charge is -2.21. The summed E-state index contributed by atoms with van der Waals surface area (Å²) in [6.45, 7) is 19.0. The largest absolute Gasteiger partial charge is 0.501 e. The lowest BCUT2D eigenvalue weighted by atomic mass is 10.0. The number of nitrogens with two attached hydrogens (primary N) is 4. The van der Waals surface area contributed by atoms with Crippen LogP contribution in [0.1, 0.15) is 187 Å². The van der Waals surface area contributed by atoms with E-state index < -0.39 is 178 Å². The van der Waals surface area contributed by atoms with E-state index in [0.717, 1.165) is 62.3 Å². The second-order valence-corrected chi connectivity index (χ2v) is 34.2. The summed E-state index contributed by atoms with van der Waals surface area (Å²) >= 11 is 0. The number of pyridine rings is 5. The molecule has 0 aliphatic heterocycles. The van der Waals surface area contributed by atoms with Gasteiger partial charge in [0.15, 0.2) is 29.0 Å². The number of halogens is 17. The molecule has 10 aromatic rings. The number of hydrogen-bond acceptors (Lipinski definition) is 25. The van der Waals surface area contributed by atoms with Gasteiger partial charge in [-0.25, -0.2) is 13.6 Å². The normalized spacial score (nSPS) is 11.2. The number of rotatable bonds is 28. The molecule has 0 radical (unpaired) electrons. The summed E-state index contributed by atoms with van der Waals surface area (Å²) in [5.41, 5.74) is 14.9. The molecule has 6 aromatic heterocycles. The Morgan fingerprint density at radius 1 is 0.453 bits per heavy atom. The van der Waals surface area contributed by atoms with Crippen molar-refractivity contribution in [1.29, 1.82) is 0 Å². The van der Waals surface area contributed by atoms with Gasteiger partial charge in [0, 0.05) is 88.8 Å². The third-order valence-electron chi connectivity index (χ3n) is 18.4. The van der Waals surface area contributed by atoms with Gasteiger partial charge in [0.2, 0.25) is 5.76 Å². The maximum Gasteiger partial charge on any atom is 0.454 e. The van der Waals surface area contributed by atoms with Gasteiger partial charge >= 0.3 is 60.4 Å². The number of ether oxygens (including phenoxy) is 3. The lowest BCUT2D eigenvalue weighted by Crippen LogP contribution is -2.35. The van der Waals surface area contributed by atoms with Crippen LogP contribution in [0, 0.1) is 30.4 Å². The summed E-state index contributed by atoms with van der Waals surface area (Å²) in [5, 5.41) is 26.7. The summed E-state index contributed by atoms with van der Waals surface area (Å²) in [4.78, 5) is 178. The molecule has 0 saturated heterocycles. The molecule has 1 amide bonds. The van der Waals surface area contributed by atoms with Gasteiger partial charge in [-0.15, -0.1) is 0 Å². The van der Waals surface area contributed by atoms with Crippen LogP contribution >= 0.6 is 0 Å². The molecule has 0 atom stereocenters. The van der Waals surface area contributed by atoms with Crippen LogP contribution in [-0.2, 0) is 131 Å². The second kappa shape index (κ2) is 59.6. The van der Waals surface area contributed by atoms with E-state index in [9.17, 15) is 142 Å². The van der Waals surface area contributed by atoms with Crippen molar-refractivity contribution in [3.63, 3.8) is 0 Å². The van der Waals surface area contributed by atoms with E-state index in [1.165, 1.54) is 19.1 Å². The molecule has 0 aliphatic rings. The Morgan fingerprint density at radius 2 is 0.820 bits per heavy atom. The van der Waals surface area contributed by atoms with E-state index in [4.69, 9.17) is 52.5 Å². The number of nitrogen functional groups attached to an aromatic ring is 3. The first-order valence-electron chi connectivity index (χ1n) is 44.2. The van der Waals surface area contributed by atoms with E-state index in [-0.39, 0.29) is 106 Å². The van der Waals surface area contributed by atoms with Gasteiger partial charge in [0.25, 0.3) is 34.3 Å². The standard InChI is InChI=1S/C20H20F3NO4.C19H21F4N3O2.C16H12F3NO4.C14H9F3O3.C9H14FN3.C9H9NO3.C6H7F3O2.C6H13NO2.C2H4O2/c1-19(2,3)28-17(26)12-24-16(20(21,22)23)10-9-14(18(24)27)11-15(25)13-7-5-4-6-8-13;1-10(2)6-15-17(24)13(14(20)8-25-15)7-12(27)9-26-16(19(21,22)23)5-4-11(3)18(26)28;17-16(18,19)13-7-6-11(15(24)20(13)9-14(22)23)8-12(21)10-4-2-1-3-5-10;15-14(16,17)12-7-6-10(13(19)20-12)8-11(18)9-4-2-1-3-5-9;1-5(2)3-7-9(12)8(11)6(10)4-13-7;11-8(12)6-10-9(13)7-4-2-1-3-5-7;1-2-11-4-3-5(10)6(7,8)9;1-6(2,3)9-5(8)4-7;1-2(3)4/h4-10H,11-12H2,1-3H3;4-5,8,10H,6-7,9,24H2,1-3H3;1-7H,8-9H2,(H,22,23);1-7H,8H2;4-5H,3,12H2,1-2H3,(H2,11,13);1-5H,6H2,(H,10,13)(H,11,12);3-4H,2H2,1H3;4,7H2,1-3H3;1H3,(H,3,4)/b;;;;;;4-3+;;. The van der Waals surface area contributed by atoms with Gasteiger partial charge in [0.05, 0.1) is 66.8 Å². The molecule has 0 bridgehead atoms. The van der Waals surface area contributed by atoms with Crippen LogP contribution in [0.3, 0.4) is 0 Å². The average molecular weight is 2140 g/mol. The Kier molecular flexibility index (Phi) is 51.6. The van der Waals surface area contributed by atoms with Crippen molar-refractivity contribution in [2.75, 3.05) is 36.9 Å². The summed E-state index contributed by atoms with van der Waals surface area (Å²) in [6, 6.07) is 39.2. The molecule has 49 heteroatoms. The number of aromatic nitrogens is 5. The van der Waals surface area contributed by atoms with Crippen LogP contribution in [0.5, 0.6) is 0 Å². The Hall–Kier alpha value is -16.1. The molecular weight excluding hydrogens is 2030 g/mol. The van der Waals surface area contributed by atoms with Crippen molar-refractivity contribution in [2.45, 2.75) is 190 Å². The molecular formula is C101H109F17N10O22. The maximum absolute atomic E-state index is 14.1. The summed E-state index contributed by atoms with van der Waals surface area (Å²) in [6.07, 6.45) is -21.4. The number of aryl methyl sites for hydroxylation is 1. The number of hydrogen-bond donors (Lipinski definition) is 8. The smallest absolute Gasteiger partial charge is 0.454 e. The minimum absolute atomic E-state index is 0.00523. The number of esters is 2. The van der Waals surface area contributed by atoms with E-state index in [2.05, 4.69) is 24.4 Å². The first-order chi connectivity index (χ1) is 69.3. The summed E-state index contributed by atoms with van der Waals surface area (Å²) < 4.78 is 236. The van der Waals surface area contributed by atoms with Crippen molar-refractivity contribution < 1.29 is 161 Å². The number of amides is 1. The highest BCUT2D eigenvalue weighted by molar-refractivity contribution is 5.99. The molecule has 32 nitrogen and oxygen atoms in total. The number of carboxylic acid groups (broad SMARTS) is 3.